The first-order valence-electron chi connectivity index (χ1n) is 5.94. The molecule has 3 nitrogen and oxygen atoms in total. The van der Waals surface area contributed by atoms with Gasteiger partial charge in [-0.1, -0.05) is 48.5 Å². The van der Waals surface area contributed by atoms with E-state index in [-0.39, 0.29) is 0 Å². The summed E-state index contributed by atoms with van der Waals surface area (Å²) in [5.41, 5.74) is -0.745. The third-order valence-corrected chi connectivity index (χ3v) is 3.59. The van der Waals surface area contributed by atoms with Gasteiger partial charge < -0.3 is 15.5 Å². The predicted octanol–water partition coefficient (Wildman–Crippen LogP) is 2.06. The molecule has 3 N–H and O–H groups in total. The average Bonchev–Trinajstić information content (AvgIpc) is 2.59. The lowest BCUT2D eigenvalue weighted by atomic mass is 9.81. The van der Waals surface area contributed by atoms with Crippen LogP contribution in [-0.4, -0.2) is 15.9 Å². The van der Waals surface area contributed by atoms with Crippen molar-refractivity contribution >= 4 is 5.69 Å². The van der Waals surface area contributed by atoms with Crippen molar-refractivity contribution in [1.82, 2.24) is 0 Å². The first kappa shape index (κ1) is 11.3. The van der Waals surface area contributed by atoms with Gasteiger partial charge in [0.05, 0.1) is 0 Å². The smallest absolute Gasteiger partial charge is 0.170 e. The number of anilines is 1. The Morgan fingerprint density at radius 2 is 1.50 bits per heavy atom. The molecule has 1 aliphatic rings. The van der Waals surface area contributed by atoms with Crippen LogP contribution >= 0.6 is 0 Å². The molecule has 2 atom stereocenters. The molecule has 0 aliphatic carbocycles. The number of nitrogens with one attached hydrogen (secondary N) is 1. The zero-order valence-electron chi connectivity index (χ0n) is 10.1. The highest BCUT2D eigenvalue weighted by Crippen LogP contribution is 2.48. The molecule has 0 radical (unpaired) electrons. The van der Waals surface area contributed by atoms with Crippen LogP contribution in [0.2, 0.25) is 0 Å². The summed E-state index contributed by atoms with van der Waals surface area (Å²) >= 11 is 0. The minimum absolute atomic E-state index is 0.674. The summed E-state index contributed by atoms with van der Waals surface area (Å²) in [5.74, 6) is 0. The van der Waals surface area contributed by atoms with Crippen LogP contribution in [0.25, 0.3) is 0 Å². The molecule has 18 heavy (non-hydrogen) atoms. The van der Waals surface area contributed by atoms with E-state index in [1.807, 2.05) is 54.6 Å². The second kappa shape index (κ2) is 3.57. The molecular formula is C15H15NO2. The van der Waals surface area contributed by atoms with Gasteiger partial charge in [-0.25, -0.2) is 0 Å². The van der Waals surface area contributed by atoms with Crippen molar-refractivity contribution in [3.05, 3.63) is 65.7 Å². The molecule has 2 unspecified atom stereocenters. The van der Waals surface area contributed by atoms with Gasteiger partial charge in [0.15, 0.2) is 11.3 Å². The fourth-order valence-electron chi connectivity index (χ4n) is 2.64. The van der Waals surface area contributed by atoms with Crippen LogP contribution in [0.5, 0.6) is 0 Å². The molecule has 0 aromatic heterocycles. The predicted molar refractivity (Wildman–Crippen MR) is 70.1 cm³/mol. The number of hydrogen-bond donors (Lipinski definition) is 3. The van der Waals surface area contributed by atoms with Crippen LogP contribution in [0.1, 0.15) is 18.1 Å². The van der Waals surface area contributed by atoms with E-state index in [9.17, 15) is 10.2 Å². The molecule has 3 heteroatoms. The molecule has 1 aliphatic heterocycles. The van der Waals surface area contributed by atoms with Gasteiger partial charge in [0.1, 0.15) is 0 Å². The molecule has 92 valence electrons. The SMILES string of the molecule is CC1(O)Nc2ccccc2C1(O)c1ccccc1. The quantitative estimate of drug-likeness (QED) is 0.716. The van der Waals surface area contributed by atoms with E-state index in [1.54, 1.807) is 6.92 Å². The van der Waals surface area contributed by atoms with Gasteiger partial charge >= 0.3 is 0 Å². The van der Waals surface area contributed by atoms with Crippen LogP contribution in [0.15, 0.2) is 54.6 Å². The van der Waals surface area contributed by atoms with Crippen LogP contribution < -0.4 is 5.32 Å². The molecule has 3 rings (SSSR count). The Bertz CT molecular complexity index is 580. The Hall–Kier alpha value is -1.84. The first-order valence-corrected chi connectivity index (χ1v) is 5.94. The maximum atomic E-state index is 11.0. The Morgan fingerprint density at radius 1 is 0.889 bits per heavy atom. The van der Waals surface area contributed by atoms with Crippen LogP contribution in [0.3, 0.4) is 0 Å². The van der Waals surface area contributed by atoms with E-state index in [1.165, 1.54) is 0 Å². The molecule has 0 saturated carbocycles. The third-order valence-electron chi connectivity index (χ3n) is 3.59. The zero-order valence-corrected chi connectivity index (χ0v) is 10.1. The lowest BCUT2D eigenvalue weighted by Gasteiger charge is -2.35. The summed E-state index contributed by atoms with van der Waals surface area (Å²) in [6.07, 6.45) is 0. The number of para-hydroxylation sites is 1. The highest BCUT2D eigenvalue weighted by atomic mass is 16.4. The number of rotatable bonds is 1. The molecule has 0 amide bonds. The van der Waals surface area contributed by atoms with Crippen molar-refractivity contribution in [1.29, 1.82) is 0 Å². The van der Waals surface area contributed by atoms with Gasteiger partial charge in [-0.15, -0.1) is 0 Å². The summed E-state index contributed by atoms with van der Waals surface area (Å²) in [6.45, 7) is 1.58. The van der Waals surface area contributed by atoms with Gasteiger partial charge in [0.2, 0.25) is 0 Å². The van der Waals surface area contributed by atoms with Crippen molar-refractivity contribution in [2.45, 2.75) is 18.2 Å². The van der Waals surface area contributed by atoms with E-state index < -0.39 is 11.3 Å². The van der Waals surface area contributed by atoms with Crippen molar-refractivity contribution in [3.63, 3.8) is 0 Å². The standard InChI is InChI=1S/C15H15NO2/c1-14(17)15(18,11-7-3-2-4-8-11)12-9-5-6-10-13(12)16-14/h2-10,16-18H,1H3. The summed E-state index contributed by atoms with van der Waals surface area (Å²) in [4.78, 5) is 0. The summed E-state index contributed by atoms with van der Waals surface area (Å²) < 4.78 is 0. The van der Waals surface area contributed by atoms with E-state index in [0.29, 0.717) is 11.1 Å². The number of hydrogen-bond acceptors (Lipinski definition) is 3. The Kier molecular flexibility index (Phi) is 2.24. The normalized spacial score (nSPS) is 29.7. The van der Waals surface area contributed by atoms with Gasteiger partial charge in [-0.3, -0.25) is 0 Å². The minimum Gasteiger partial charge on any atom is -0.375 e. The maximum absolute atomic E-state index is 11.0. The van der Waals surface area contributed by atoms with Crippen molar-refractivity contribution in [2.24, 2.45) is 0 Å². The molecule has 0 spiro atoms. The van der Waals surface area contributed by atoms with Crippen LogP contribution in [0, 0.1) is 0 Å². The van der Waals surface area contributed by atoms with Gasteiger partial charge in [-0.2, -0.15) is 0 Å². The third kappa shape index (κ3) is 1.32. The van der Waals surface area contributed by atoms with Gasteiger partial charge in [0.25, 0.3) is 0 Å². The average molecular weight is 241 g/mol. The molecule has 1 heterocycles. The molecule has 0 fully saturated rings. The molecule has 0 saturated heterocycles. The Labute approximate surface area is 106 Å². The van der Waals surface area contributed by atoms with E-state index >= 15 is 0 Å². The Balaban J connectivity index is 2.26. The molecule has 2 aromatic carbocycles. The van der Waals surface area contributed by atoms with E-state index in [2.05, 4.69) is 5.32 Å². The fraction of sp³-hybridized carbons (Fsp3) is 0.200. The summed E-state index contributed by atoms with van der Waals surface area (Å²) in [6, 6.07) is 16.6. The highest BCUT2D eigenvalue weighted by Gasteiger charge is 2.54. The number of aliphatic hydroxyl groups is 2. The lowest BCUT2D eigenvalue weighted by Crippen LogP contribution is -2.50. The second-order valence-electron chi connectivity index (χ2n) is 4.82. The van der Waals surface area contributed by atoms with Crippen molar-refractivity contribution < 1.29 is 10.2 Å². The largest absolute Gasteiger partial charge is 0.375 e. The number of fused-ring (bicyclic) bond motifs is 1. The number of benzene rings is 2. The van der Waals surface area contributed by atoms with Crippen molar-refractivity contribution in [3.8, 4) is 0 Å². The zero-order chi connectivity index (χ0) is 12.8. The summed E-state index contributed by atoms with van der Waals surface area (Å²) in [7, 11) is 0. The first-order chi connectivity index (χ1) is 8.56. The van der Waals surface area contributed by atoms with E-state index in [0.717, 1.165) is 5.69 Å². The van der Waals surface area contributed by atoms with E-state index in [4.69, 9.17) is 0 Å². The maximum Gasteiger partial charge on any atom is 0.170 e. The summed E-state index contributed by atoms with van der Waals surface area (Å²) in [5, 5.41) is 24.5. The fourth-order valence-corrected chi connectivity index (χ4v) is 2.64. The van der Waals surface area contributed by atoms with Crippen molar-refractivity contribution in [2.75, 3.05) is 5.32 Å². The molecular weight excluding hydrogens is 226 g/mol. The minimum atomic E-state index is -1.44. The van der Waals surface area contributed by atoms with Crippen LogP contribution in [-0.2, 0) is 5.60 Å². The monoisotopic (exact) mass is 241 g/mol. The molecule has 0 bridgehead atoms. The Morgan fingerprint density at radius 3 is 2.22 bits per heavy atom. The topological polar surface area (TPSA) is 52.5 Å². The van der Waals surface area contributed by atoms with Gasteiger partial charge in [-0.05, 0) is 18.6 Å². The van der Waals surface area contributed by atoms with Gasteiger partial charge in [0, 0.05) is 11.3 Å². The van der Waals surface area contributed by atoms with Crippen LogP contribution in [0.4, 0.5) is 5.69 Å². The lowest BCUT2D eigenvalue weighted by molar-refractivity contribution is -0.0936. The highest BCUT2D eigenvalue weighted by molar-refractivity contribution is 5.65. The second-order valence-corrected chi connectivity index (χ2v) is 4.82. The molecule has 2 aromatic rings.